The highest BCUT2D eigenvalue weighted by molar-refractivity contribution is 6.62. The molecule has 4 rings (SSSR count). The summed E-state index contributed by atoms with van der Waals surface area (Å²) in [6.45, 7) is 14.7. The number of carbonyl (C=O) groups excluding carboxylic acids is 1. The predicted octanol–water partition coefficient (Wildman–Crippen LogP) is 3.89. The number of nitrogens with zero attached hydrogens (tertiary/aromatic N) is 3. The molecule has 9 heteroatoms. The number of aromatic nitrogens is 2. The van der Waals surface area contributed by atoms with Crippen molar-refractivity contribution in [1.29, 1.82) is 0 Å². The lowest BCUT2D eigenvalue weighted by molar-refractivity contribution is 0.00578. The SMILES string of the molecule is CC(C)(C)OC(=O)N1CCC(c2cn3cc(B4OC(C)(C)C(C)(C)O4)cc(F)c3n2)CC1. The van der Waals surface area contributed by atoms with Crippen molar-refractivity contribution in [2.75, 3.05) is 13.1 Å². The number of rotatable bonds is 2. The number of likely N-dealkylation sites (tertiary alicyclic amines) is 1. The van der Waals surface area contributed by atoms with Gasteiger partial charge < -0.3 is 23.3 Å². The number of fused-ring (bicyclic) bond motifs is 1. The fraction of sp³-hybridized carbons (Fsp3) is 0.652. The van der Waals surface area contributed by atoms with Crippen LogP contribution in [0.5, 0.6) is 0 Å². The van der Waals surface area contributed by atoms with E-state index in [1.165, 1.54) is 6.07 Å². The van der Waals surface area contributed by atoms with Crippen LogP contribution in [0.15, 0.2) is 18.5 Å². The third-order valence-corrected chi connectivity index (χ3v) is 6.64. The van der Waals surface area contributed by atoms with E-state index < -0.39 is 29.7 Å². The first kappa shape index (κ1) is 23.0. The standard InChI is InChI=1S/C23H33BFN3O4/c1-21(2,3)30-20(29)27-10-8-15(9-11-27)18-14-28-13-16(12-17(25)19(28)26-18)24-31-22(4,5)23(6,7)32-24/h12-15H,8-11H2,1-7H3. The van der Waals surface area contributed by atoms with Gasteiger partial charge >= 0.3 is 13.2 Å². The molecule has 2 aromatic heterocycles. The molecule has 32 heavy (non-hydrogen) atoms. The van der Waals surface area contributed by atoms with Crippen molar-refractivity contribution in [3.63, 3.8) is 0 Å². The zero-order chi connectivity index (χ0) is 23.5. The van der Waals surface area contributed by atoms with Crippen LogP contribution in [0.4, 0.5) is 9.18 Å². The van der Waals surface area contributed by atoms with Gasteiger partial charge in [0.15, 0.2) is 11.5 Å². The Balaban J connectivity index is 1.49. The Morgan fingerprint density at radius 3 is 2.31 bits per heavy atom. The fourth-order valence-corrected chi connectivity index (χ4v) is 4.09. The second kappa shape index (κ2) is 7.73. The number of piperidine rings is 1. The first-order valence-corrected chi connectivity index (χ1v) is 11.3. The van der Waals surface area contributed by atoms with E-state index >= 15 is 0 Å². The monoisotopic (exact) mass is 445 g/mol. The average Bonchev–Trinajstić information content (AvgIpc) is 3.19. The molecule has 0 radical (unpaired) electrons. The van der Waals surface area contributed by atoms with Crippen LogP contribution in [0.2, 0.25) is 0 Å². The highest BCUT2D eigenvalue weighted by Gasteiger charge is 2.52. The Hall–Kier alpha value is -2.13. The predicted molar refractivity (Wildman–Crippen MR) is 121 cm³/mol. The van der Waals surface area contributed by atoms with Gasteiger partial charge in [-0.1, -0.05) is 0 Å². The van der Waals surface area contributed by atoms with Crippen LogP contribution in [0, 0.1) is 5.82 Å². The van der Waals surface area contributed by atoms with Crippen molar-refractivity contribution in [2.24, 2.45) is 0 Å². The van der Waals surface area contributed by atoms with E-state index in [1.807, 2.05) is 60.9 Å². The van der Waals surface area contributed by atoms with Crippen LogP contribution >= 0.6 is 0 Å². The second-order valence-electron chi connectivity index (χ2n) is 10.8. The van der Waals surface area contributed by atoms with E-state index in [2.05, 4.69) is 4.98 Å². The molecule has 0 spiro atoms. The Bertz CT molecular complexity index is 1010. The number of ether oxygens (including phenoxy) is 1. The minimum absolute atomic E-state index is 0.160. The lowest BCUT2D eigenvalue weighted by Gasteiger charge is -2.32. The van der Waals surface area contributed by atoms with E-state index in [4.69, 9.17) is 14.0 Å². The van der Waals surface area contributed by atoms with Crippen molar-refractivity contribution < 1.29 is 23.2 Å². The zero-order valence-electron chi connectivity index (χ0n) is 20.1. The molecular weight excluding hydrogens is 412 g/mol. The molecule has 2 aromatic rings. The highest BCUT2D eigenvalue weighted by Crippen LogP contribution is 2.36. The molecule has 2 fully saturated rings. The van der Waals surface area contributed by atoms with Crippen molar-refractivity contribution in [1.82, 2.24) is 14.3 Å². The first-order chi connectivity index (χ1) is 14.8. The number of imidazole rings is 1. The molecule has 0 saturated carbocycles. The quantitative estimate of drug-likeness (QED) is 0.657. The van der Waals surface area contributed by atoms with Crippen molar-refractivity contribution >= 4 is 24.3 Å². The molecule has 174 valence electrons. The summed E-state index contributed by atoms with van der Waals surface area (Å²) in [6, 6.07) is 1.44. The number of halogens is 1. The minimum atomic E-state index is -0.637. The molecule has 0 bridgehead atoms. The van der Waals surface area contributed by atoms with Gasteiger partial charge in [0.05, 0.1) is 16.9 Å². The lowest BCUT2D eigenvalue weighted by Crippen LogP contribution is -2.41. The Morgan fingerprint density at radius 2 is 1.75 bits per heavy atom. The molecule has 4 heterocycles. The van der Waals surface area contributed by atoms with Gasteiger partial charge in [0.25, 0.3) is 0 Å². The van der Waals surface area contributed by atoms with E-state index in [-0.39, 0.29) is 17.7 Å². The summed E-state index contributed by atoms with van der Waals surface area (Å²) >= 11 is 0. The van der Waals surface area contributed by atoms with E-state index in [0.717, 1.165) is 18.5 Å². The van der Waals surface area contributed by atoms with E-state index in [1.54, 1.807) is 9.30 Å². The van der Waals surface area contributed by atoms with Crippen LogP contribution in [0.1, 0.15) is 72.9 Å². The molecule has 0 aromatic carbocycles. The zero-order valence-corrected chi connectivity index (χ0v) is 20.1. The fourth-order valence-electron chi connectivity index (χ4n) is 4.09. The number of hydrogen-bond acceptors (Lipinski definition) is 5. The number of carbonyl (C=O) groups is 1. The van der Waals surface area contributed by atoms with Crippen LogP contribution in [-0.2, 0) is 14.0 Å². The second-order valence-corrected chi connectivity index (χ2v) is 10.8. The summed E-state index contributed by atoms with van der Waals surface area (Å²) in [7, 11) is -0.637. The van der Waals surface area contributed by atoms with Crippen LogP contribution < -0.4 is 5.46 Å². The van der Waals surface area contributed by atoms with Gasteiger partial charge in [0.2, 0.25) is 0 Å². The molecule has 0 aliphatic carbocycles. The molecule has 0 N–H and O–H groups in total. The minimum Gasteiger partial charge on any atom is -0.444 e. The van der Waals surface area contributed by atoms with Crippen LogP contribution in [0.25, 0.3) is 5.65 Å². The van der Waals surface area contributed by atoms with Gasteiger partial charge in [-0.25, -0.2) is 14.2 Å². The highest BCUT2D eigenvalue weighted by atomic mass is 19.1. The van der Waals surface area contributed by atoms with E-state index in [9.17, 15) is 9.18 Å². The largest absolute Gasteiger partial charge is 0.496 e. The maximum absolute atomic E-state index is 14.9. The maximum Gasteiger partial charge on any atom is 0.496 e. The van der Waals surface area contributed by atoms with Gasteiger partial charge in [-0.3, -0.25) is 0 Å². The van der Waals surface area contributed by atoms with Crippen LogP contribution in [0.3, 0.4) is 0 Å². The maximum atomic E-state index is 14.9. The summed E-state index contributed by atoms with van der Waals surface area (Å²) in [5.41, 5.74) is 0.240. The molecular formula is C23H33BFN3O4. The Kier molecular flexibility index (Phi) is 5.57. The average molecular weight is 445 g/mol. The molecule has 2 aliphatic heterocycles. The third kappa shape index (κ3) is 4.37. The van der Waals surface area contributed by atoms with Gasteiger partial charge in [0, 0.05) is 36.9 Å². The smallest absolute Gasteiger partial charge is 0.444 e. The van der Waals surface area contributed by atoms with Crippen molar-refractivity contribution in [2.45, 2.75) is 84.0 Å². The number of amides is 1. The summed E-state index contributed by atoms with van der Waals surface area (Å²) in [5.74, 6) is -0.247. The normalized spacial score (nSPS) is 21.4. The molecule has 2 aliphatic rings. The van der Waals surface area contributed by atoms with Crippen molar-refractivity contribution in [3.05, 3.63) is 30.0 Å². The van der Waals surface area contributed by atoms with Crippen molar-refractivity contribution in [3.8, 4) is 0 Å². The Labute approximate surface area is 189 Å². The van der Waals surface area contributed by atoms with Gasteiger partial charge in [0.1, 0.15) is 5.60 Å². The molecule has 0 unspecified atom stereocenters. The lowest BCUT2D eigenvalue weighted by atomic mass is 9.80. The van der Waals surface area contributed by atoms with E-state index in [0.29, 0.717) is 18.6 Å². The summed E-state index contributed by atoms with van der Waals surface area (Å²) in [4.78, 5) is 18.6. The number of pyridine rings is 1. The van der Waals surface area contributed by atoms with Gasteiger partial charge in [-0.05, 0) is 67.4 Å². The summed E-state index contributed by atoms with van der Waals surface area (Å²) < 4.78 is 34.3. The van der Waals surface area contributed by atoms with Crippen LogP contribution in [-0.4, -0.2) is 57.4 Å². The third-order valence-electron chi connectivity index (χ3n) is 6.64. The Morgan fingerprint density at radius 1 is 1.16 bits per heavy atom. The van der Waals surface area contributed by atoms with Gasteiger partial charge in [-0.2, -0.15) is 0 Å². The topological polar surface area (TPSA) is 65.3 Å². The molecule has 1 amide bonds. The summed E-state index contributed by atoms with van der Waals surface area (Å²) in [6.07, 6.45) is 4.93. The summed E-state index contributed by atoms with van der Waals surface area (Å²) in [5, 5.41) is 0. The first-order valence-electron chi connectivity index (χ1n) is 11.3. The molecule has 7 nitrogen and oxygen atoms in total. The van der Waals surface area contributed by atoms with Gasteiger partial charge in [-0.15, -0.1) is 0 Å². The number of hydrogen-bond donors (Lipinski definition) is 0. The molecule has 0 atom stereocenters. The molecule has 2 saturated heterocycles.